The zero-order valence-corrected chi connectivity index (χ0v) is 13.5. The van der Waals surface area contributed by atoms with E-state index in [1.165, 1.54) is 12.2 Å². The molecule has 0 saturated carbocycles. The monoisotopic (exact) mass is 274 g/mol. The van der Waals surface area contributed by atoms with Gasteiger partial charge in [0.05, 0.1) is 6.61 Å². The predicted molar refractivity (Wildman–Crippen MR) is 81.2 cm³/mol. The van der Waals surface area contributed by atoms with Crippen molar-refractivity contribution >= 4 is 11.8 Å². The summed E-state index contributed by atoms with van der Waals surface area (Å²) in [7, 11) is 1.78. The fraction of sp³-hybridized carbons (Fsp3) is 1.00. The number of hydrogen-bond acceptors (Lipinski definition) is 4. The largest absolute Gasteiger partial charge is 0.383 e. The zero-order chi connectivity index (χ0) is 13.8. The molecule has 1 fully saturated rings. The Morgan fingerprint density at radius 2 is 2.11 bits per heavy atom. The van der Waals surface area contributed by atoms with Crippen LogP contribution in [-0.2, 0) is 4.74 Å². The van der Waals surface area contributed by atoms with E-state index in [0.29, 0.717) is 6.04 Å². The van der Waals surface area contributed by atoms with Crippen LogP contribution in [0.3, 0.4) is 0 Å². The van der Waals surface area contributed by atoms with Gasteiger partial charge in [-0.3, -0.25) is 4.90 Å². The Morgan fingerprint density at radius 1 is 1.44 bits per heavy atom. The SMILES string of the molecule is CCN(C(C)COC)C1(CN)CSCCC1(C)C. The molecule has 1 saturated heterocycles. The third-order valence-corrected chi connectivity index (χ3v) is 5.81. The average molecular weight is 274 g/mol. The molecule has 0 bridgehead atoms. The van der Waals surface area contributed by atoms with Crippen LogP contribution in [0.25, 0.3) is 0 Å². The van der Waals surface area contributed by atoms with E-state index in [-0.39, 0.29) is 11.0 Å². The van der Waals surface area contributed by atoms with Crippen molar-refractivity contribution in [3.8, 4) is 0 Å². The van der Waals surface area contributed by atoms with Crippen LogP contribution >= 0.6 is 11.8 Å². The van der Waals surface area contributed by atoms with Crippen molar-refractivity contribution in [1.29, 1.82) is 0 Å². The smallest absolute Gasteiger partial charge is 0.0615 e. The van der Waals surface area contributed by atoms with Crippen LogP contribution in [0.15, 0.2) is 0 Å². The van der Waals surface area contributed by atoms with Crippen molar-refractivity contribution in [2.45, 2.75) is 45.7 Å². The first-order valence-corrected chi connectivity index (χ1v) is 8.14. The lowest BCUT2D eigenvalue weighted by molar-refractivity contribution is -0.0389. The standard InChI is InChI=1S/C14H30N2OS/c1-6-16(12(2)9-17-5)14(10-15)11-18-8-7-13(14,3)4/h12H,6-11,15H2,1-5H3. The third kappa shape index (κ3) is 2.87. The van der Waals surface area contributed by atoms with Crippen LogP contribution in [-0.4, -0.2) is 54.8 Å². The molecule has 2 atom stereocenters. The Morgan fingerprint density at radius 3 is 2.56 bits per heavy atom. The van der Waals surface area contributed by atoms with Crippen LogP contribution in [0.5, 0.6) is 0 Å². The van der Waals surface area contributed by atoms with E-state index < -0.39 is 0 Å². The highest BCUT2D eigenvalue weighted by Gasteiger charge is 2.50. The summed E-state index contributed by atoms with van der Waals surface area (Å²) in [5.41, 5.74) is 6.60. The van der Waals surface area contributed by atoms with Crippen LogP contribution < -0.4 is 5.73 Å². The number of thioether (sulfide) groups is 1. The van der Waals surface area contributed by atoms with Gasteiger partial charge in [0, 0.05) is 31.0 Å². The Labute approximate surface area is 117 Å². The molecule has 2 N–H and O–H groups in total. The van der Waals surface area contributed by atoms with Crippen molar-refractivity contribution in [2.75, 3.05) is 38.3 Å². The molecular formula is C14H30N2OS. The second kappa shape index (κ2) is 6.60. The number of nitrogens with zero attached hydrogens (tertiary/aromatic N) is 1. The summed E-state index contributed by atoms with van der Waals surface area (Å²) in [5, 5.41) is 0. The van der Waals surface area contributed by atoms with Gasteiger partial charge < -0.3 is 10.5 Å². The molecule has 1 aliphatic rings. The second-order valence-corrected chi connectivity index (χ2v) is 7.12. The van der Waals surface area contributed by atoms with Gasteiger partial charge in [-0.1, -0.05) is 20.8 Å². The zero-order valence-electron chi connectivity index (χ0n) is 12.7. The summed E-state index contributed by atoms with van der Waals surface area (Å²) >= 11 is 2.05. The quantitative estimate of drug-likeness (QED) is 0.806. The van der Waals surface area contributed by atoms with Gasteiger partial charge in [0.25, 0.3) is 0 Å². The Bertz CT molecular complexity index is 260. The predicted octanol–water partition coefficient (Wildman–Crippen LogP) is 2.20. The lowest BCUT2D eigenvalue weighted by atomic mass is 9.69. The topological polar surface area (TPSA) is 38.5 Å². The Kier molecular flexibility index (Phi) is 5.97. The van der Waals surface area contributed by atoms with Crippen molar-refractivity contribution in [3.63, 3.8) is 0 Å². The summed E-state index contributed by atoms with van der Waals surface area (Å²) in [6.07, 6.45) is 1.24. The summed E-state index contributed by atoms with van der Waals surface area (Å²) in [5.74, 6) is 2.39. The molecule has 0 aromatic rings. The maximum Gasteiger partial charge on any atom is 0.0615 e. The van der Waals surface area contributed by atoms with E-state index >= 15 is 0 Å². The number of methoxy groups -OCH3 is 1. The van der Waals surface area contributed by atoms with Gasteiger partial charge in [-0.2, -0.15) is 11.8 Å². The molecule has 18 heavy (non-hydrogen) atoms. The van der Waals surface area contributed by atoms with E-state index in [1.54, 1.807) is 7.11 Å². The van der Waals surface area contributed by atoms with Crippen molar-refractivity contribution in [3.05, 3.63) is 0 Å². The molecule has 0 aromatic heterocycles. The number of rotatable bonds is 6. The molecule has 1 heterocycles. The normalized spacial score (nSPS) is 29.5. The minimum Gasteiger partial charge on any atom is -0.383 e. The highest BCUT2D eigenvalue weighted by Crippen LogP contribution is 2.46. The summed E-state index contributed by atoms with van der Waals surface area (Å²) in [4.78, 5) is 2.57. The first-order chi connectivity index (χ1) is 8.45. The van der Waals surface area contributed by atoms with Gasteiger partial charge in [0.1, 0.15) is 0 Å². The molecule has 0 amide bonds. The molecule has 108 valence electrons. The summed E-state index contributed by atoms with van der Waals surface area (Å²) in [6.45, 7) is 11.8. The molecule has 0 spiro atoms. The molecule has 0 radical (unpaired) electrons. The third-order valence-electron chi connectivity index (χ3n) is 4.64. The maximum absolute atomic E-state index is 6.23. The molecule has 0 aromatic carbocycles. The fourth-order valence-electron chi connectivity index (χ4n) is 3.29. The number of hydrogen-bond donors (Lipinski definition) is 1. The van der Waals surface area contributed by atoms with Gasteiger partial charge in [-0.15, -0.1) is 0 Å². The van der Waals surface area contributed by atoms with Gasteiger partial charge in [0.2, 0.25) is 0 Å². The molecule has 3 nitrogen and oxygen atoms in total. The van der Waals surface area contributed by atoms with Gasteiger partial charge in [-0.25, -0.2) is 0 Å². The van der Waals surface area contributed by atoms with Gasteiger partial charge in [0.15, 0.2) is 0 Å². The van der Waals surface area contributed by atoms with Crippen molar-refractivity contribution < 1.29 is 4.74 Å². The molecule has 1 aliphatic heterocycles. The summed E-state index contributed by atoms with van der Waals surface area (Å²) in [6, 6.07) is 0.418. The lowest BCUT2D eigenvalue weighted by Gasteiger charge is -2.57. The minimum absolute atomic E-state index is 0.0998. The van der Waals surface area contributed by atoms with E-state index in [2.05, 4.69) is 32.6 Å². The van der Waals surface area contributed by atoms with Gasteiger partial charge in [-0.05, 0) is 31.1 Å². The van der Waals surface area contributed by atoms with E-state index in [0.717, 1.165) is 25.4 Å². The average Bonchev–Trinajstić information content (AvgIpc) is 2.32. The highest BCUT2D eigenvalue weighted by atomic mass is 32.2. The van der Waals surface area contributed by atoms with E-state index in [1.807, 2.05) is 11.8 Å². The van der Waals surface area contributed by atoms with Crippen molar-refractivity contribution in [1.82, 2.24) is 4.90 Å². The molecular weight excluding hydrogens is 244 g/mol. The van der Waals surface area contributed by atoms with E-state index in [9.17, 15) is 0 Å². The molecule has 4 heteroatoms. The van der Waals surface area contributed by atoms with E-state index in [4.69, 9.17) is 10.5 Å². The Hall–Kier alpha value is 0.230. The first-order valence-electron chi connectivity index (χ1n) is 6.98. The number of likely N-dealkylation sites (N-methyl/N-ethyl adjacent to an activating group) is 1. The van der Waals surface area contributed by atoms with Crippen LogP contribution in [0.2, 0.25) is 0 Å². The molecule has 1 rings (SSSR count). The minimum atomic E-state index is 0.0998. The number of nitrogens with two attached hydrogens (primary N) is 1. The van der Waals surface area contributed by atoms with Crippen LogP contribution in [0, 0.1) is 5.41 Å². The second-order valence-electron chi connectivity index (χ2n) is 6.01. The highest BCUT2D eigenvalue weighted by molar-refractivity contribution is 7.99. The fourth-order valence-corrected chi connectivity index (χ4v) is 5.10. The van der Waals surface area contributed by atoms with Crippen molar-refractivity contribution in [2.24, 2.45) is 11.1 Å². The van der Waals surface area contributed by atoms with Crippen LogP contribution in [0.1, 0.15) is 34.1 Å². The van der Waals surface area contributed by atoms with Crippen LogP contribution in [0.4, 0.5) is 0 Å². The maximum atomic E-state index is 6.23. The van der Waals surface area contributed by atoms with Gasteiger partial charge >= 0.3 is 0 Å². The summed E-state index contributed by atoms with van der Waals surface area (Å²) < 4.78 is 5.35. The Balaban J connectivity index is 3.02. The first kappa shape index (κ1) is 16.3. The molecule has 2 unspecified atom stereocenters. The number of ether oxygens (including phenoxy) is 1. The lowest BCUT2D eigenvalue weighted by Crippen LogP contribution is -2.68. The molecule has 0 aliphatic carbocycles.